The van der Waals surface area contributed by atoms with Crippen LogP contribution in [-0.4, -0.2) is 13.7 Å². The molecule has 0 radical (unpaired) electrons. The zero-order chi connectivity index (χ0) is 14.4. The minimum Gasteiger partial charge on any atom is -0.496 e. The Morgan fingerprint density at radius 1 is 1.15 bits per heavy atom. The highest BCUT2D eigenvalue weighted by atomic mass is 35.5. The second-order valence-corrected chi connectivity index (χ2v) is 6.03. The Kier molecular flexibility index (Phi) is 5.77. The van der Waals surface area contributed by atoms with Crippen molar-refractivity contribution in [2.45, 2.75) is 11.0 Å². The van der Waals surface area contributed by atoms with Gasteiger partial charge in [-0.3, -0.25) is 0 Å². The van der Waals surface area contributed by atoms with Crippen molar-refractivity contribution in [3.05, 3.63) is 64.7 Å². The van der Waals surface area contributed by atoms with E-state index in [-0.39, 0.29) is 5.25 Å². The fraction of sp³-hybridized carbons (Fsp3) is 0.250. The van der Waals surface area contributed by atoms with E-state index >= 15 is 0 Å². The van der Waals surface area contributed by atoms with Crippen LogP contribution < -0.4 is 10.5 Å². The smallest absolute Gasteiger partial charge is 0.123 e. The zero-order valence-electron chi connectivity index (χ0n) is 11.4. The van der Waals surface area contributed by atoms with Crippen molar-refractivity contribution in [2.75, 3.05) is 13.7 Å². The molecule has 4 heteroatoms. The van der Waals surface area contributed by atoms with Crippen molar-refractivity contribution in [3.63, 3.8) is 0 Å². The first-order valence-corrected chi connectivity index (χ1v) is 7.86. The number of para-hydroxylation sites is 1. The molecule has 0 bridgehead atoms. The Hall–Kier alpha value is -1.16. The fourth-order valence-corrected chi connectivity index (χ4v) is 3.22. The van der Waals surface area contributed by atoms with Crippen LogP contribution in [0.15, 0.2) is 48.5 Å². The third kappa shape index (κ3) is 3.92. The van der Waals surface area contributed by atoms with Crippen LogP contribution in [0.5, 0.6) is 5.75 Å². The van der Waals surface area contributed by atoms with Crippen LogP contribution in [0.2, 0.25) is 5.02 Å². The molecule has 0 aromatic heterocycles. The Morgan fingerprint density at radius 3 is 2.50 bits per heavy atom. The summed E-state index contributed by atoms with van der Waals surface area (Å²) in [5.74, 6) is 1.79. The van der Waals surface area contributed by atoms with Gasteiger partial charge in [0.15, 0.2) is 0 Å². The first kappa shape index (κ1) is 15.2. The molecular formula is C16H18ClNOS. The maximum absolute atomic E-state index is 5.92. The molecular weight excluding hydrogens is 290 g/mol. The number of nitrogens with two attached hydrogens (primary N) is 1. The van der Waals surface area contributed by atoms with E-state index in [4.69, 9.17) is 22.1 Å². The Labute approximate surface area is 129 Å². The molecule has 0 fully saturated rings. The van der Waals surface area contributed by atoms with Crippen LogP contribution in [0.1, 0.15) is 16.4 Å². The summed E-state index contributed by atoms with van der Waals surface area (Å²) in [5, 5.41) is 0.987. The molecule has 0 aliphatic carbocycles. The van der Waals surface area contributed by atoms with Gasteiger partial charge in [0, 0.05) is 28.1 Å². The molecule has 0 saturated heterocycles. The number of hydrogen-bond acceptors (Lipinski definition) is 3. The number of rotatable bonds is 6. The van der Waals surface area contributed by atoms with Gasteiger partial charge in [0.25, 0.3) is 0 Å². The lowest BCUT2D eigenvalue weighted by Gasteiger charge is -2.17. The van der Waals surface area contributed by atoms with E-state index in [1.54, 1.807) is 7.11 Å². The van der Waals surface area contributed by atoms with Crippen molar-refractivity contribution in [3.8, 4) is 5.75 Å². The molecule has 20 heavy (non-hydrogen) atoms. The summed E-state index contributed by atoms with van der Waals surface area (Å²) >= 11 is 7.71. The van der Waals surface area contributed by atoms with E-state index in [9.17, 15) is 0 Å². The van der Waals surface area contributed by atoms with E-state index in [1.165, 1.54) is 5.56 Å². The van der Waals surface area contributed by atoms with Crippen LogP contribution >= 0.6 is 23.4 Å². The highest BCUT2D eigenvalue weighted by Gasteiger charge is 2.14. The summed E-state index contributed by atoms with van der Waals surface area (Å²) < 4.78 is 5.41. The van der Waals surface area contributed by atoms with Crippen LogP contribution in [-0.2, 0) is 5.75 Å². The van der Waals surface area contributed by atoms with Gasteiger partial charge < -0.3 is 10.5 Å². The highest BCUT2D eigenvalue weighted by Crippen LogP contribution is 2.35. The molecule has 0 heterocycles. The van der Waals surface area contributed by atoms with E-state index in [0.717, 1.165) is 22.1 Å². The Bertz CT molecular complexity index is 544. The van der Waals surface area contributed by atoms with Crippen LogP contribution in [0.3, 0.4) is 0 Å². The van der Waals surface area contributed by atoms with Gasteiger partial charge in [-0.1, -0.05) is 41.9 Å². The molecule has 2 aromatic rings. The normalized spacial score (nSPS) is 12.2. The lowest BCUT2D eigenvalue weighted by molar-refractivity contribution is 0.409. The number of benzene rings is 2. The second kappa shape index (κ2) is 7.58. The predicted octanol–water partition coefficient (Wildman–Crippen LogP) is 4.28. The summed E-state index contributed by atoms with van der Waals surface area (Å²) in [5.41, 5.74) is 8.31. The summed E-state index contributed by atoms with van der Waals surface area (Å²) in [6.45, 7) is 0.582. The molecule has 2 nitrogen and oxygen atoms in total. The Morgan fingerprint density at radius 2 is 1.85 bits per heavy atom. The van der Waals surface area contributed by atoms with Gasteiger partial charge in [0.1, 0.15) is 5.75 Å². The molecule has 0 aliphatic heterocycles. The maximum atomic E-state index is 5.92. The van der Waals surface area contributed by atoms with Gasteiger partial charge in [0.2, 0.25) is 0 Å². The lowest BCUT2D eigenvalue weighted by Crippen LogP contribution is -2.10. The average Bonchev–Trinajstić information content (AvgIpc) is 2.50. The van der Waals surface area contributed by atoms with E-state index in [1.807, 2.05) is 54.2 Å². The summed E-state index contributed by atoms with van der Waals surface area (Å²) in [4.78, 5) is 0. The quantitative estimate of drug-likeness (QED) is 0.865. The van der Waals surface area contributed by atoms with Crippen molar-refractivity contribution in [1.82, 2.24) is 0 Å². The van der Waals surface area contributed by atoms with Gasteiger partial charge in [-0.15, -0.1) is 11.8 Å². The fourth-order valence-electron chi connectivity index (χ4n) is 1.99. The molecule has 2 N–H and O–H groups in total. The first-order chi connectivity index (χ1) is 9.74. The topological polar surface area (TPSA) is 35.2 Å². The SMILES string of the molecule is COc1ccccc1C(CN)SCc1ccc(Cl)cc1. The van der Waals surface area contributed by atoms with Gasteiger partial charge in [-0.25, -0.2) is 0 Å². The monoisotopic (exact) mass is 307 g/mol. The van der Waals surface area contributed by atoms with Crippen LogP contribution in [0, 0.1) is 0 Å². The molecule has 2 rings (SSSR count). The van der Waals surface area contributed by atoms with E-state index < -0.39 is 0 Å². The van der Waals surface area contributed by atoms with Crippen LogP contribution in [0.25, 0.3) is 0 Å². The number of methoxy groups -OCH3 is 1. The maximum Gasteiger partial charge on any atom is 0.123 e. The van der Waals surface area contributed by atoms with E-state index in [2.05, 4.69) is 6.07 Å². The third-order valence-corrected chi connectivity index (χ3v) is 4.67. The summed E-state index contributed by atoms with van der Waals surface area (Å²) in [6, 6.07) is 16.0. The lowest BCUT2D eigenvalue weighted by atomic mass is 10.1. The molecule has 0 amide bonds. The molecule has 106 valence electrons. The number of hydrogen-bond donors (Lipinski definition) is 1. The summed E-state index contributed by atoms with van der Waals surface area (Å²) in [6.07, 6.45) is 0. The van der Waals surface area contributed by atoms with Crippen molar-refractivity contribution < 1.29 is 4.74 Å². The van der Waals surface area contributed by atoms with Crippen LogP contribution in [0.4, 0.5) is 0 Å². The first-order valence-electron chi connectivity index (χ1n) is 6.43. The molecule has 1 unspecified atom stereocenters. The minimum absolute atomic E-state index is 0.224. The minimum atomic E-state index is 0.224. The molecule has 0 aliphatic rings. The largest absolute Gasteiger partial charge is 0.496 e. The van der Waals surface area contributed by atoms with E-state index in [0.29, 0.717) is 6.54 Å². The molecule has 0 saturated carbocycles. The molecule has 2 aromatic carbocycles. The number of ether oxygens (including phenoxy) is 1. The number of halogens is 1. The number of thioether (sulfide) groups is 1. The third-order valence-electron chi connectivity index (χ3n) is 3.06. The van der Waals surface area contributed by atoms with Gasteiger partial charge in [0.05, 0.1) is 7.11 Å². The standard InChI is InChI=1S/C16H18ClNOS/c1-19-15-5-3-2-4-14(15)16(10-18)20-11-12-6-8-13(17)9-7-12/h2-9,16H,10-11,18H2,1H3. The van der Waals surface area contributed by atoms with Gasteiger partial charge >= 0.3 is 0 Å². The molecule has 0 spiro atoms. The van der Waals surface area contributed by atoms with Gasteiger partial charge in [-0.05, 0) is 23.8 Å². The molecule has 1 atom stereocenters. The second-order valence-electron chi connectivity index (χ2n) is 4.40. The summed E-state index contributed by atoms with van der Waals surface area (Å²) in [7, 11) is 1.69. The average molecular weight is 308 g/mol. The van der Waals surface area contributed by atoms with Gasteiger partial charge in [-0.2, -0.15) is 0 Å². The highest BCUT2D eigenvalue weighted by molar-refractivity contribution is 7.98. The zero-order valence-corrected chi connectivity index (χ0v) is 13.0. The van der Waals surface area contributed by atoms with Crippen molar-refractivity contribution >= 4 is 23.4 Å². The Balaban J connectivity index is 2.07. The predicted molar refractivity (Wildman–Crippen MR) is 87.5 cm³/mol. The van der Waals surface area contributed by atoms with Crippen molar-refractivity contribution in [1.29, 1.82) is 0 Å². The van der Waals surface area contributed by atoms with Crippen molar-refractivity contribution in [2.24, 2.45) is 5.73 Å².